The van der Waals surface area contributed by atoms with E-state index in [2.05, 4.69) is 9.55 Å². The Morgan fingerprint density at radius 3 is 2.65 bits per heavy atom. The Kier molecular flexibility index (Phi) is 3.44. The van der Waals surface area contributed by atoms with E-state index in [0.29, 0.717) is 0 Å². The Bertz CT molecular complexity index is 474. The Morgan fingerprint density at radius 2 is 2.06 bits per heavy atom. The zero-order valence-electron chi connectivity index (χ0n) is 10.1. The van der Waals surface area contributed by atoms with Crippen molar-refractivity contribution >= 4 is 0 Å². The van der Waals surface area contributed by atoms with Crippen molar-refractivity contribution in [2.75, 3.05) is 7.11 Å². The average Bonchev–Trinajstić information content (AvgIpc) is 2.78. The van der Waals surface area contributed by atoms with Gasteiger partial charge in [-0.1, -0.05) is 12.1 Å². The molecule has 0 aliphatic rings. The lowest BCUT2D eigenvalue weighted by atomic mass is 10.2. The number of rotatable bonds is 4. The molecule has 0 spiro atoms. The fourth-order valence-electron chi connectivity index (χ4n) is 1.77. The summed E-state index contributed by atoms with van der Waals surface area (Å²) in [6, 6.07) is 8.00. The Morgan fingerprint density at radius 1 is 1.35 bits per heavy atom. The van der Waals surface area contributed by atoms with Crippen LogP contribution in [-0.2, 0) is 6.54 Å². The minimum absolute atomic E-state index is 0.00394. The molecular weight excluding hydrogens is 214 g/mol. The second-order valence-electron chi connectivity index (χ2n) is 4.08. The lowest BCUT2D eigenvalue weighted by Crippen LogP contribution is -2.12. The van der Waals surface area contributed by atoms with Crippen LogP contribution in [0.25, 0.3) is 0 Å². The second kappa shape index (κ2) is 5.01. The van der Waals surface area contributed by atoms with Gasteiger partial charge in [-0.25, -0.2) is 4.98 Å². The first kappa shape index (κ1) is 11.7. The highest BCUT2D eigenvalue weighted by atomic mass is 16.5. The topological polar surface area (TPSA) is 53.1 Å². The summed E-state index contributed by atoms with van der Waals surface area (Å²) < 4.78 is 7.19. The molecule has 1 atom stereocenters. The molecule has 2 aromatic rings. The van der Waals surface area contributed by atoms with Gasteiger partial charge < -0.3 is 15.0 Å². The third-order valence-corrected chi connectivity index (χ3v) is 2.72. The molecule has 0 saturated carbocycles. The fraction of sp³-hybridized carbons (Fsp3) is 0.308. The number of ether oxygens (including phenoxy) is 1. The van der Waals surface area contributed by atoms with E-state index >= 15 is 0 Å². The number of methoxy groups -OCH3 is 1. The number of hydrogen-bond acceptors (Lipinski definition) is 3. The summed E-state index contributed by atoms with van der Waals surface area (Å²) >= 11 is 0. The molecule has 1 heterocycles. The van der Waals surface area contributed by atoms with E-state index in [0.717, 1.165) is 18.0 Å². The van der Waals surface area contributed by atoms with Crippen LogP contribution in [0.5, 0.6) is 5.75 Å². The molecule has 17 heavy (non-hydrogen) atoms. The predicted octanol–water partition coefficient (Wildman–Crippen LogP) is 1.96. The van der Waals surface area contributed by atoms with E-state index in [9.17, 15) is 0 Å². The van der Waals surface area contributed by atoms with Gasteiger partial charge in [0.2, 0.25) is 0 Å². The Hall–Kier alpha value is -1.81. The van der Waals surface area contributed by atoms with Crippen molar-refractivity contribution in [3.8, 4) is 5.75 Å². The highest BCUT2D eigenvalue weighted by Crippen LogP contribution is 2.15. The van der Waals surface area contributed by atoms with Gasteiger partial charge in [-0.15, -0.1) is 0 Å². The molecule has 0 radical (unpaired) electrons. The van der Waals surface area contributed by atoms with Crippen LogP contribution in [0, 0.1) is 0 Å². The van der Waals surface area contributed by atoms with Gasteiger partial charge in [-0.3, -0.25) is 0 Å². The molecule has 1 aromatic heterocycles. The summed E-state index contributed by atoms with van der Waals surface area (Å²) in [4.78, 5) is 4.13. The first-order chi connectivity index (χ1) is 8.20. The molecule has 0 aliphatic carbocycles. The van der Waals surface area contributed by atoms with Crippen LogP contribution in [0.2, 0.25) is 0 Å². The van der Waals surface area contributed by atoms with E-state index in [-0.39, 0.29) is 6.04 Å². The quantitative estimate of drug-likeness (QED) is 0.875. The number of aromatic nitrogens is 2. The van der Waals surface area contributed by atoms with Crippen molar-refractivity contribution in [2.24, 2.45) is 5.73 Å². The molecule has 0 bridgehead atoms. The standard InChI is InChI=1S/C13H17N3O/c1-10(14)13-7-15-9-16(13)8-11-3-5-12(17-2)6-4-11/h3-7,9-10H,8,14H2,1-2H3/t10-/m0/s1. The maximum absolute atomic E-state index is 5.88. The molecular formula is C13H17N3O. The largest absolute Gasteiger partial charge is 0.497 e. The van der Waals surface area contributed by atoms with Crippen LogP contribution in [-0.4, -0.2) is 16.7 Å². The number of imidazole rings is 1. The molecule has 90 valence electrons. The summed E-state index contributed by atoms with van der Waals surface area (Å²) in [6.07, 6.45) is 3.62. The third kappa shape index (κ3) is 2.65. The van der Waals surface area contributed by atoms with Gasteiger partial charge >= 0.3 is 0 Å². The first-order valence-electron chi connectivity index (χ1n) is 5.59. The summed E-state index contributed by atoms with van der Waals surface area (Å²) in [5.41, 5.74) is 8.12. The molecule has 0 saturated heterocycles. The molecule has 2 rings (SSSR count). The third-order valence-electron chi connectivity index (χ3n) is 2.72. The maximum atomic E-state index is 5.88. The highest BCUT2D eigenvalue weighted by molar-refractivity contribution is 5.27. The number of nitrogens with two attached hydrogens (primary N) is 1. The van der Waals surface area contributed by atoms with Crippen LogP contribution < -0.4 is 10.5 Å². The summed E-state index contributed by atoms with van der Waals surface area (Å²) in [7, 11) is 1.67. The maximum Gasteiger partial charge on any atom is 0.118 e. The van der Waals surface area contributed by atoms with Crippen LogP contribution in [0.15, 0.2) is 36.8 Å². The first-order valence-corrected chi connectivity index (χ1v) is 5.59. The van der Waals surface area contributed by atoms with Gasteiger partial charge in [0.25, 0.3) is 0 Å². The lowest BCUT2D eigenvalue weighted by Gasteiger charge is -2.11. The van der Waals surface area contributed by atoms with Gasteiger partial charge in [0, 0.05) is 18.8 Å². The summed E-state index contributed by atoms with van der Waals surface area (Å²) in [5.74, 6) is 0.867. The van der Waals surface area contributed by atoms with Gasteiger partial charge in [0.15, 0.2) is 0 Å². The zero-order chi connectivity index (χ0) is 12.3. The summed E-state index contributed by atoms with van der Waals surface area (Å²) in [5, 5.41) is 0. The number of hydrogen-bond donors (Lipinski definition) is 1. The van der Waals surface area contributed by atoms with Crippen molar-refractivity contribution in [3.63, 3.8) is 0 Å². The zero-order valence-corrected chi connectivity index (χ0v) is 10.1. The van der Waals surface area contributed by atoms with Crippen LogP contribution in [0.1, 0.15) is 24.2 Å². The molecule has 0 unspecified atom stereocenters. The van der Waals surface area contributed by atoms with Crippen molar-refractivity contribution < 1.29 is 4.74 Å². The number of benzene rings is 1. The lowest BCUT2D eigenvalue weighted by molar-refractivity contribution is 0.414. The van der Waals surface area contributed by atoms with Crippen molar-refractivity contribution in [1.29, 1.82) is 0 Å². The van der Waals surface area contributed by atoms with Crippen molar-refractivity contribution in [2.45, 2.75) is 19.5 Å². The Labute approximate surface area is 101 Å². The van der Waals surface area contributed by atoms with Crippen LogP contribution in [0.3, 0.4) is 0 Å². The van der Waals surface area contributed by atoms with Gasteiger partial charge in [-0.05, 0) is 24.6 Å². The fourth-order valence-corrected chi connectivity index (χ4v) is 1.77. The van der Waals surface area contributed by atoms with Crippen LogP contribution in [0.4, 0.5) is 0 Å². The Balaban J connectivity index is 2.16. The van der Waals surface area contributed by atoms with E-state index < -0.39 is 0 Å². The van der Waals surface area contributed by atoms with E-state index in [1.54, 1.807) is 7.11 Å². The second-order valence-corrected chi connectivity index (χ2v) is 4.08. The van der Waals surface area contributed by atoms with Gasteiger partial charge in [-0.2, -0.15) is 0 Å². The highest BCUT2D eigenvalue weighted by Gasteiger charge is 2.06. The van der Waals surface area contributed by atoms with Gasteiger partial charge in [0.05, 0.1) is 19.1 Å². The number of nitrogens with zero attached hydrogens (tertiary/aromatic N) is 2. The van der Waals surface area contributed by atoms with E-state index in [1.165, 1.54) is 5.56 Å². The average molecular weight is 231 g/mol. The molecule has 0 fully saturated rings. The minimum Gasteiger partial charge on any atom is -0.497 e. The van der Waals surface area contributed by atoms with Crippen LogP contribution >= 0.6 is 0 Å². The molecule has 0 aliphatic heterocycles. The molecule has 2 N–H and O–H groups in total. The SMILES string of the molecule is COc1ccc(Cn2cncc2[C@H](C)N)cc1. The molecule has 0 amide bonds. The van der Waals surface area contributed by atoms with E-state index in [1.807, 2.05) is 43.7 Å². The minimum atomic E-state index is -0.00394. The molecule has 4 heteroatoms. The van der Waals surface area contributed by atoms with Gasteiger partial charge in [0.1, 0.15) is 5.75 Å². The van der Waals surface area contributed by atoms with E-state index in [4.69, 9.17) is 10.5 Å². The molecule has 1 aromatic carbocycles. The normalized spacial score (nSPS) is 12.4. The summed E-state index contributed by atoms with van der Waals surface area (Å²) in [6.45, 7) is 2.74. The molecule has 4 nitrogen and oxygen atoms in total. The smallest absolute Gasteiger partial charge is 0.118 e. The van der Waals surface area contributed by atoms with Crippen molar-refractivity contribution in [3.05, 3.63) is 48.0 Å². The predicted molar refractivity (Wildman–Crippen MR) is 66.9 cm³/mol. The van der Waals surface area contributed by atoms with Crippen molar-refractivity contribution in [1.82, 2.24) is 9.55 Å². The monoisotopic (exact) mass is 231 g/mol.